The molecule has 0 N–H and O–H groups in total. The number of pyridine rings is 2. The molecule has 0 saturated carbocycles. The summed E-state index contributed by atoms with van der Waals surface area (Å²) in [6.45, 7) is 4.33. The maximum absolute atomic E-state index is 4.99. The third-order valence-corrected chi connectivity index (χ3v) is 5.28. The first-order valence-corrected chi connectivity index (χ1v) is 9.58. The van der Waals surface area contributed by atoms with E-state index in [1.807, 2.05) is 18.3 Å². The van der Waals surface area contributed by atoms with Crippen molar-refractivity contribution in [3.05, 3.63) is 59.9 Å². The van der Waals surface area contributed by atoms with E-state index in [0.717, 1.165) is 54.1 Å². The molecule has 4 aromatic rings. The van der Waals surface area contributed by atoms with Gasteiger partial charge >= 0.3 is 0 Å². The number of nitrogens with zero attached hydrogens (tertiary/aromatic N) is 6. The molecule has 0 spiro atoms. The Morgan fingerprint density at radius 1 is 0.963 bits per heavy atom. The first kappa shape index (κ1) is 16.2. The smallest absolute Gasteiger partial charge is 0.141 e. The van der Waals surface area contributed by atoms with Gasteiger partial charge in [-0.3, -0.25) is 9.38 Å². The van der Waals surface area contributed by atoms with Crippen molar-refractivity contribution in [2.24, 2.45) is 0 Å². The van der Waals surface area contributed by atoms with Gasteiger partial charge in [0.05, 0.1) is 17.4 Å². The number of fused-ring (bicyclic) bond motifs is 2. The van der Waals surface area contributed by atoms with Gasteiger partial charge in [0.2, 0.25) is 0 Å². The molecular formula is C21H22N6. The van der Waals surface area contributed by atoms with Crippen LogP contribution in [0.4, 0.5) is 5.82 Å². The van der Waals surface area contributed by atoms with E-state index in [-0.39, 0.29) is 0 Å². The molecule has 1 aliphatic rings. The van der Waals surface area contributed by atoms with Crippen molar-refractivity contribution in [2.45, 2.75) is 32.6 Å². The second kappa shape index (κ2) is 6.61. The molecule has 0 aliphatic carbocycles. The largest absolute Gasteiger partial charge is 0.356 e. The Kier molecular flexibility index (Phi) is 3.96. The van der Waals surface area contributed by atoms with Gasteiger partial charge in [-0.15, -0.1) is 0 Å². The highest BCUT2D eigenvalue weighted by atomic mass is 15.3. The number of hydrogen-bond donors (Lipinski definition) is 0. The monoisotopic (exact) mass is 358 g/mol. The number of rotatable bonds is 4. The van der Waals surface area contributed by atoms with Crippen LogP contribution in [0.3, 0.4) is 0 Å². The first-order valence-electron chi connectivity index (χ1n) is 9.58. The first-order chi connectivity index (χ1) is 13.3. The predicted octanol–water partition coefficient (Wildman–Crippen LogP) is 3.37. The Hall–Kier alpha value is -3.02. The van der Waals surface area contributed by atoms with Crippen LogP contribution in [0.1, 0.15) is 29.9 Å². The summed E-state index contributed by atoms with van der Waals surface area (Å²) in [5.41, 5.74) is 5.13. The molecule has 1 fully saturated rings. The van der Waals surface area contributed by atoms with Crippen molar-refractivity contribution in [3.8, 4) is 0 Å². The van der Waals surface area contributed by atoms with Crippen LogP contribution in [-0.4, -0.2) is 37.4 Å². The van der Waals surface area contributed by atoms with Gasteiger partial charge in [0, 0.05) is 38.3 Å². The SMILES string of the molecule is Cc1cccn2c(N3CCCC3)c(CCc3ncc4ncccc4n3)nc12. The normalized spacial score (nSPS) is 14.5. The molecule has 1 saturated heterocycles. The highest BCUT2D eigenvalue weighted by molar-refractivity contribution is 5.72. The highest BCUT2D eigenvalue weighted by Crippen LogP contribution is 2.28. The van der Waals surface area contributed by atoms with Gasteiger partial charge in [0.25, 0.3) is 0 Å². The molecule has 6 nitrogen and oxygen atoms in total. The van der Waals surface area contributed by atoms with Crippen molar-refractivity contribution < 1.29 is 0 Å². The minimum absolute atomic E-state index is 0.772. The molecule has 0 atom stereocenters. The van der Waals surface area contributed by atoms with Gasteiger partial charge in [0.15, 0.2) is 0 Å². The quantitative estimate of drug-likeness (QED) is 0.560. The summed E-state index contributed by atoms with van der Waals surface area (Å²) < 4.78 is 2.25. The Bertz CT molecular complexity index is 1110. The molecule has 5 rings (SSSR count). The van der Waals surface area contributed by atoms with Crippen LogP contribution in [0.25, 0.3) is 16.7 Å². The lowest BCUT2D eigenvalue weighted by atomic mass is 10.2. The second-order valence-corrected chi connectivity index (χ2v) is 7.16. The topological polar surface area (TPSA) is 59.2 Å². The van der Waals surface area contributed by atoms with Crippen molar-refractivity contribution in [2.75, 3.05) is 18.0 Å². The Morgan fingerprint density at radius 2 is 1.85 bits per heavy atom. The predicted molar refractivity (Wildman–Crippen MR) is 106 cm³/mol. The second-order valence-electron chi connectivity index (χ2n) is 7.16. The van der Waals surface area contributed by atoms with Crippen LogP contribution in [0.2, 0.25) is 0 Å². The molecule has 27 heavy (non-hydrogen) atoms. The molecule has 4 aromatic heterocycles. The van der Waals surface area contributed by atoms with Crippen molar-refractivity contribution in [3.63, 3.8) is 0 Å². The van der Waals surface area contributed by atoms with Gasteiger partial charge in [-0.2, -0.15) is 0 Å². The van der Waals surface area contributed by atoms with E-state index in [1.54, 1.807) is 6.20 Å². The lowest BCUT2D eigenvalue weighted by Crippen LogP contribution is -2.21. The van der Waals surface area contributed by atoms with Crippen molar-refractivity contribution in [1.82, 2.24) is 24.3 Å². The molecule has 6 heteroatoms. The summed E-state index contributed by atoms with van der Waals surface area (Å²) in [5.74, 6) is 2.09. The molecule has 1 aliphatic heterocycles. The van der Waals surface area contributed by atoms with Gasteiger partial charge < -0.3 is 4.90 Å². The van der Waals surface area contributed by atoms with E-state index < -0.39 is 0 Å². The van der Waals surface area contributed by atoms with E-state index in [2.05, 4.69) is 49.5 Å². The lowest BCUT2D eigenvalue weighted by Gasteiger charge is -2.18. The Labute approximate surface area is 157 Å². The van der Waals surface area contributed by atoms with Crippen molar-refractivity contribution >= 4 is 22.5 Å². The maximum atomic E-state index is 4.99. The summed E-state index contributed by atoms with van der Waals surface area (Å²) >= 11 is 0. The highest BCUT2D eigenvalue weighted by Gasteiger charge is 2.22. The Balaban J connectivity index is 1.50. The summed E-state index contributed by atoms with van der Waals surface area (Å²) in [6.07, 6.45) is 9.82. The van der Waals surface area contributed by atoms with E-state index >= 15 is 0 Å². The summed E-state index contributed by atoms with van der Waals surface area (Å²) in [4.78, 5) is 20.9. The van der Waals surface area contributed by atoms with Crippen LogP contribution in [0.5, 0.6) is 0 Å². The van der Waals surface area contributed by atoms with Crippen LogP contribution < -0.4 is 4.90 Å². The van der Waals surface area contributed by atoms with E-state index in [0.29, 0.717) is 0 Å². The minimum Gasteiger partial charge on any atom is -0.356 e. The summed E-state index contributed by atoms with van der Waals surface area (Å²) in [7, 11) is 0. The standard InChI is InChI=1S/C21H22N6/c1-15-6-5-13-27-20(15)25-17(21(27)26-11-2-3-12-26)8-9-19-23-14-18-16(24-19)7-4-10-22-18/h4-7,10,13-14H,2-3,8-9,11-12H2,1H3. The number of aromatic nitrogens is 5. The average molecular weight is 358 g/mol. The molecule has 5 heterocycles. The van der Waals surface area contributed by atoms with E-state index in [1.165, 1.54) is 24.2 Å². The lowest BCUT2D eigenvalue weighted by molar-refractivity contribution is 0.834. The van der Waals surface area contributed by atoms with Gasteiger partial charge in [-0.25, -0.2) is 15.0 Å². The maximum Gasteiger partial charge on any atom is 0.141 e. The fraction of sp³-hybridized carbons (Fsp3) is 0.333. The van der Waals surface area contributed by atoms with Crippen LogP contribution >= 0.6 is 0 Å². The molecular weight excluding hydrogens is 336 g/mol. The zero-order chi connectivity index (χ0) is 18.2. The molecule has 0 unspecified atom stereocenters. The fourth-order valence-corrected chi connectivity index (χ4v) is 3.93. The zero-order valence-corrected chi connectivity index (χ0v) is 15.5. The molecule has 0 radical (unpaired) electrons. The van der Waals surface area contributed by atoms with Gasteiger partial charge in [-0.1, -0.05) is 6.07 Å². The third-order valence-electron chi connectivity index (χ3n) is 5.28. The van der Waals surface area contributed by atoms with Crippen molar-refractivity contribution in [1.29, 1.82) is 0 Å². The van der Waals surface area contributed by atoms with Gasteiger partial charge in [0.1, 0.15) is 22.8 Å². The van der Waals surface area contributed by atoms with Crippen LogP contribution in [0, 0.1) is 6.92 Å². The third kappa shape index (κ3) is 2.91. The minimum atomic E-state index is 0.772. The summed E-state index contributed by atoms with van der Waals surface area (Å²) in [5, 5.41) is 0. The number of anilines is 1. The van der Waals surface area contributed by atoms with Crippen LogP contribution in [0.15, 0.2) is 42.9 Å². The molecule has 0 aromatic carbocycles. The van der Waals surface area contributed by atoms with E-state index in [9.17, 15) is 0 Å². The average Bonchev–Trinajstić information content (AvgIpc) is 3.34. The molecule has 0 bridgehead atoms. The number of hydrogen-bond acceptors (Lipinski definition) is 5. The van der Waals surface area contributed by atoms with E-state index in [4.69, 9.17) is 4.98 Å². The summed E-state index contributed by atoms with van der Waals surface area (Å²) in [6, 6.07) is 8.12. The number of imidazole rings is 1. The van der Waals surface area contributed by atoms with Crippen LogP contribution in [-0.2, 0) is 12.8 Å². The van der Waals surface area contributed by atoms with Gasteiger partial charge in [-0.05, 0) is 43.5 Å². The molecule has 0 amide bonds. The zero-order valence-electron chi connectivity index (χ0n) is 15.5. The fourth-order valence-electron chi connectivity index (χ4n) is 3.93. The number of aryl methyl sites for hydroxylation is 3. The molecule has 136 valence electrons. The Morgan fingerprint density at radius 3 is 2.74 bits per heavy atom.